The minimum absolute atomic E-state index is 0.0256. The van der Waals surface area contributed by atoms with E-state index in [9.17, 15) is 9.59 Å². The van der Waals surface area contributed by atoms with E-state index in [4.69, 9.17) is 16.3 Å². The van der Waals surface area contributed by atoms with Gasteiger partial charge in [0.15, 0.2) is 0 Å². The molecule has 0 saturated carbocycles. The predicted molar refractivity (Wildman–Crippen MR) is 138 cm³/mol. The number of hydrazone groups is 1. The zero-order valence-electron chi connectivity index (χ0n) is 19.0. The number of fused-ring (bicyclic) bond motifs is 1. The molecule has 7 heteroatoms. The van der Waals surface area contributed by atoms with E-state index in [1.807, 2.05) is 36.4 Å². The summed E-state index contributed by atoms with van der Waals surface area (Å²) in [5.41, 5.74) is 4.98. The Morgan fingerprint density at radius 1 is 0.971 bits per heavy atom. The molecule has 172 valence electrons. The molecule has 4 rings (SSSR count). The number of amides is 1. The zero-order valence-corrected chi connectivity index (χ0v) is 20.5. The van der Waals surface area contributed by atoms with Gasteiger partial charge < -0.3 is 4.74 Å². The molecule has 0 aliphatic carbocycles. The van der Waals surface area contributed by atoms with Gasteiger partial charge in [-0.2, -0.15) is 5.10 Å². The summed E-state index contributed by atoms with van der Waals surface area (Å²) in [5, 5.41) is 5.25. The number of nitrogens with one attached hydrogen (secondary N) is 1. The lowest BCUT2D eigenvalue weighted by atomic mass is 9.87. The number of benzene rings is 3. The number of nitrogens with zero attached hydrogens (tertiary/aromatic N) is 1. The summed E-state index contributed by atoms with van der Waals surface area (Å²) >= 11 is 7.66. The van der Waals surface area contributed by atoms with Crippen LogP contribution in [0.15, 0.2) is 77.9 Å². The van der Waals surface area contributed by atoms with Crippen LogP contribution in [0.1, 0.15) is 51.9 Å². The second kappa shape index (κ2) is 9.79. The monoisotopic (exact) mass is 490 g/mol. The molecule has 1 heterocycles. The van der Waals surface area contributed by atoms with Gasteiger partial charge in [-0.3, -0.25) is 4.79 Å². The van der Waals surface area contributed by atoms with Gasteiger partial charge in [-0.25, -0.2) is 10.2 Å². The fourth-order valence-corrected chi connectivity index (χ4v) is 4.66. The minimum atomic E-state index is -0.502. The molecule has 0 atom stereocenters. The molecule has 0 spiro atoms. The third kappa shape index (κ3) is 5.35. The van der Waals surface area contributed by atoms with Crippen LogP contribution in [0.2, 0.25) is 5.02 Å². The van der Waals surface area contributed by atoms with Crippen molar-refractivity contribution in [2.24, 2.45) is 5.10 Å². The largest absolute Gasteiger partial charge is 0.422 e. The highest BCUT2D eigenvalue weighted by molar-refractivity contribution is 7.21. The summed E-state index contributed by atoms with van der Waals surface area (Å²) in [7, 11) is 0. The minimum Gasteiger partial charge on any atom is -0.422 e. The highest BCUT2D eigenvalue weighted by atomic mass is 35.5. The number of carbonyl (C=O) groups is 2. The Hall–Kier alpha value is -3.48. The lowest BCUT2D eigenvalue weighted by Gasteiger charge is -2.18. The van der Waals surface area contributed by atoms with E-state index in [1.54, 1.807) is 36.4 Å². The van der Waals surface area contributed by atoms with Crippen LogP contribution < -0.4 is 10.2 Å². The van der Waals surface area contributed by atoms with Crippen molar-refractivity contribution in [3.63, 3.8) is 0 Å². The first-order valence-corrected chi connectivity index (χ1v) is 11.8. The van der Waals surface area contributed by atoms with E-state index in [2.05, 4.69) is 31.3 Å². The van der Waals surface area contributed by atoms with Gasteiger partial charge in [0, 0.05) is 15.6 Å². The third-order valence-electron chi connectivity index (χ3n) is 5.20. The van der Waals surface area contributed by atoms with Crippen LogP contribution in [0, 0.1) is 0 Å². The van der Waals surface area contributed by atoms with Gasteiger partial charge in [-0.1, -0.05) is 62.7 Å². The fraction of sp³-hybridized carbons (Fsp3) is 0.148. The highest BCUT2D eigenvalue weighted by Gasteiger charge is 2.19. The molecule has 3 aromatic carbocycles. The van der Waals surface area contributed by atoms with Crippen LogP contribution in [-0.2, 0) is 5.41 Å². The van der Waals surface area contributed by atoms with Crippen molar-refractivity contribution < 1.29 is 14.3 Å². The van der Waals surface area contributed by atoms with Gasteiger partial charge in [0.25, 0.3) is 5.91 Å². The van der Waals surface area contributed by atoms with Crippen LogP contribution in [-0.4, -0.2) is 18.1 Å². The molecule has 0 unspecified atom stereocenters. The van der Waals surface area contributed by atoms with E-state index >= 15 is 0 Å². The quantitative estimate of drug-likeness (QED) is 0.144. The summed E-state index contributed by atoms with van der Waals surface area (Å²) in [6, 6.07) is 21.8. The van der Waals surface area contributed by atoms with Gasteiger partial charge in [-0.05, 0) is 59.0 Å². The molecule has 0 saturated heterocycles. The average Bonchev–Trinajstić information content (AvgIpc) is 3.16. The van der Waals surface area contributed by atoms with Gasteiger partial charge in [0.1, 0.15) is 10.6 Å². The summed E-state index contributed by atoms with van der Waals surface area (Å²) in [5.74, 6) is -0.404. The molecular formula is C27H23ClN2O3S. The number of hydrogen-bond acceptors (Lipinski definition) is 5. The standard InChI is InChI=1S/C27H23ClN2O3S/c1-27(2,3)19-12-10-18(11-13-19)25(31)30-29-16-17-8-14-20(15-9-17)33-26(32)24-23(28)21-6-4-5-7-22(21)34-24/h4-16H,1-3H3,(H,30,31)/b29-16+. The van der Waals surface area contributed by atoms with Crippen molar-refractivity contribution in [1.82, 2.24) is 5.43 Å². The van der Waals surface area contributed by atoms with Crippen molar-refractivity contribution in [2.45, 2.75) is 26.2 Å². The van der Waals surface area contributed by atoms with E-state index in [-0.39, 0.29) is 11.3 Å². The Bertz CT molecular complexity index is 1370. The third-order valence-corrected chi connectivity index (χ3v) is 6.86. The second-order valence-electron chi connectivity index (χ2n) is 8.73. The number of rotatable bonds is 5. The molecule has 1 amide bonds. The van der Waals surface area contributed by atoms with E-state index in [0.29, 0.717) is 21.2 Å². The number of halogens is 1. The maximum absolute atomic E-state index is 12.6. The van der Waals surface area contributed by atoms with Gasteiger partial charge in [-0.15, -0.1) is 11.3 Å². The van der Waals surface area contributed by atoms with Crippen molar-refractivity contribution in [1.29, 1.82) is 0 Å². The second-order valence-corrected chi connectivity index (χ2v) is 10.2. The molecule has 0 aliphatic rings. The molecule has 0 radical (unpaired) electrons. The molecule has 34 heavy (non-hydrogen) atoms. The lowest BCUT2D eigenvalue weighted by molar-refractivity contribution is 0.0739. The maximum Gasteiger partial charge on any atom is 0.355 e. The Kier molecular flexibility index (Phi) is 6.82. The number of thiophene rings is 1. The molecule has 0 fully saturated rings. The Morgan fingerprint density at radius 2 is 1.65 bits per heavy atom. The summed E-state index contributed by atoms with van der Waals surface area (Å²) in [6.07, 6.45) is 1.52. The van der Waals surface area contributed by atoms with Crippen molar-refractivity contribution in [3.8, 4) is 5.75 Å². The summed E-state index contributed by atoms with van der Waals surface area (Å²) in [6.45, 7) is 6.37. The van der Waals surface area contributed by atoms with Gasteiger partial charge in [0.2, 0.25) is 0 Å². The van der Waals surface area contributed by atoms with Crippen LogP contribution in [0.25, 0.3) is 10.1 Å². The molecule has 0 aliphatic heterocycles. The van der Waals surface area contributed by atoms with Gasteiger partial charge in [0.05, 0.1) is 11.2 Å². The number of esters is 1. The van der Waals surface area contributed by atoms with Crippen LogP contribution >= 0.6 is 22.9 Å². The molecule has 5 nitrogen and oxygen atoms in total. The van der Waals surface area contributed by atoms with E-state index < -0.39 is 5.97 Å². The molecular weight excluding hydrogens is 468 g/mol. The first-order valence-electron chi connectivity index (χ1n) is 10.7. The van der Waals surface area contributed by atoms with Crippen molar-refractivity contribution in [2.75, 3.05) is 0 Å². The fourth-order valence-electron chi connectivity index (χ4n) is 3.27. The lowest BCUT2D eigenvalue weighted by Crippen LogP contribution is -2.18. The Morgan fingerprint density at radius 3 is 2.29 bits per heavy atom. The van der Waals surface area contributed by atoms with Crippen molar-refractivity contribution in [3.05, 3.63) is 99.4 Å². The summed E-state index contributed by atoms with van der Waals surface area (Å²) < 4.78 is 6.40. The zero-order chi connectivity index (χ0) is 24.3. The van der Waals surface area contributed by atoms with Crippen LogP contribution in [0.3, 0.4) is 0 Å². The van der Waals surface area contributed by atoms with Crippen molar-refractivity contribution >= 4 is 51.1 Å². The predicted octanol–water partition coefficient (Wildman–Crippen LogP) is 6.84. The molecule has 0 bridgehead atoms. The number of carbonyl (C=O) groups excluding carboxylic acids is 2. The molecule has 1 N–H and O–H groups in total. The Labute approximate surface area is 207 Å². The first-order chi connectivity index (χ1) is 16.2. The summed E-state index contributed by atoms with van der Waals surface area (Å²) in [4.78, 5) is 25.3. The average molecular weight is 491 g/mol. The van der Waals surface area contributed by atoms with Crippen LogP contribution in [0.5, 0.6) is 5.75 Å². The number of ether oxygens (including phenoxy) is 1. The molecule has 1 aromatic heterocycles. The normalized spacial score (nSPS) is 11.6. The topological polar surface area (TPSA) is 67.8 Å². The SMILES string of the molecule is CC(C)(C)c1ccc(C(=O)N/N=C/c2ccc(OC(=O)c3sc4ccccc4c3Cl)cc2)cc1. The highest BCUT2D eigenvalue weighted by Crippen LogP contribution is 2.35. The Balaban J connectivity index is 1.35. The maximum atomic E-state index is 12.6. The smallest absolute Gasteiger partial charge is 0.355 e. The van der Waals surface area contributed by atoms with Gasteiger partial charge >= 0.3 is 5.97 Å². The number of hydrogen-bond donors (Lipinski definition) is 1. The van der Waals surface area contributed by atoms with E-state index in [0.717, 1.165) is 21.2 Å². The first kappa shape index (κ1) is 23.7. The van der Waals surface area contributed by atoms with E-state index in [1.165, 1.54) is 17.6 Å². The molecule has 4 aromatic rings. The van der Waals surface area contributed by atoms with Crippen LogP contribution in [0.4, 0.5) is 0 Å².